The van der Waals surface area contributed by atoms with E-state index in [9.17, 15) is 4.79 Å². The van der Waals surface area contributed by atoms with Gasteiger partial charge in [-0.2, -0.15) is 5.10 Å². The van der Waals surface area contributed by atoms with Gasteiger partial charge in [-0.05, 0) is 18.2 Å². The lowest BCUT2D eigenvalue weighted by Gasteiger charge is -2.35. The summed E-state index contributed by atoms with van der Waals surface area (Å²) in [6, 6.07) is 9.21. The zero-order chi connectivity index (χ0) is 13.1. The molecule has 3 heterocycles. The van der Waals surface area contributed by atoms with Crippen molar-refractivity contribution in [2.24, 2.45) is 0 Å². The summed E-state index contributed by atoms with van der Waals surface area (Å²) in [4.78, 5) is 19.8. The summed E-state index contributed by atoms with van der Waals surface area (Å²) < 4.78 is 0. The molecule has 0 unspecified atom stereocenters. The van der Waals surface area contributed by atoms with Gasteiger partial charge in [0.1, 0.15) is 11.6 Å². The van der Waals surface area contributed by atoms with E-state index in [1.54, 1.807) is 6.07 Å². The van der Waals surface area contributed by atoms with Crippen LogP contribution in [0.1, 0.15) is 0 Å². The van der Waals surface area contributed by atoms with Crippen LogP contribution in [0.5, 0.6) is 0 Å². The van der Waals surface area contributed by atoms with Gasteiger partial charge in [0, 0.05) is 38.4 Å². The first-order chi connectivity index (χ1) is 9.33. The SMILES string of the molecule is O=c1ccc(N2CCN(c3ccccn3)CC2)n[nH]1. The molecule has 0 aliphatic carbocycles. The zero-order valence-electron chi connectivity index (χ0n) is 10.5. The summed E-state index contributed by atoms with van der Waals surface area (Å²) in [5, 5.41) is 6.52. The van der Waals surface area contributed by atoms with E-state index in [2.05, 4.69) is 25.0 Å². The smallest absolute Gasteiger partial charge is 0.264 e. The third-order valence-electron chi connectivity index (χ3n) is 3.24. The Morgan fingerprint density at radius 2 is 1.68 bits per heavy atom. The van der Waals surface area contributed by atoms with Crippen molar-refractivity contribution in [2.45, 2.75) is 0 Å². The highest BCUT2D eigenvalue weighted by atomic mass is 16.1. The molecule has 0 spiro atoms. The predicted octanol–water partition coefficient (Wildman–Crippen LogP) is 0.491. The molecule has 98 valence electrons. The lowest BCUT2D eigenvalue weighted by atomic mass is 10.3. The van der Waals surface area contributed by atoms with Gasteiger partial charge in [0.15, 0.2) is 0 Å². The number of anilines is 2. The summed E-state index contributed by atoms with van der Waals surface area (Å²) in [7, 11) is 0. The normalized spacial score (nSPS) is 15.6. The van der Waals surface area contributed by atoms with Gasteiger partial charge in [-0.15, -0.1) is 0 Å². The Labute approximate surface area is 110 Å². The molecule has 1 saturated heterocycles. The van der Waals surface area contributed by atoms with Crippen molar-refractivity contribution < 1.29 is 0 Å². The van der Waals surface area contributed by atoms with E-state index in [-0.39, 0.29) is 5.56 Å². The van der Waals surface area contributed by atoms with Crippen molar-refractivity contribution in [2.75, 3.05) is 36.0 Å². The molecule has 0 radical (unpaired) electrons. The molecule has 1 fully saturated rings. The Bertz CT molecular complexity index is 569. The van der Waals surface area contributed by atoms with E-state index in [1.165, 1.54) is 6.07 Å². The number of piperazine rings is 1. The van der Waals surface area contributed by atoms with Crippen LogP contribution in [-0.4, -0.2) is 41.4 Å². The number of pyridine rings is 1. The number of aromatic nitrogens is 3. The summed E-state index contributed by atoms with van der Waals surface area (Å²) in [5.74, 6) is 1.83. The van der Waals surface area contributed by atoms with Gasteiger partial charge in [-0.1, -0.05) is 6.07 Å². The van der Waals surface area contributed by atoms with Crippen molar-refractivity contribution in [1.82, 2.24) is 15.2 Å². The average Bonchev–Trinajstić information content (AvgIpc) is 2.49. The molecule has 0 saturated carbocycles. The standard InChI is InChI=1S/C13H15N5O/c19-13-5-4-12(15-16-13)18-9-7-17(8-10-18)11-3-1-2-6-14-11/h1-6H,7-10H2,(H,16,19). The molecule has 3 rings (SSSR count). The maximum atomic E-state index is 11.0. The van der Waals surface area contributed by atoms with E-state index in [0.717, 1.165) is 37.8 Å². The predicted molar refractivity (Wildman–Crippen MR) is 73.5 cm³/mol. The second kappa shape index (κ2) is 5.09. The van der Waals surface area contributed by atoms with Crippen LogP contribution < -0.4 is 15.4 Å². The molecule has 6 nitrogen and oxygen atoms in total. The molecule has 1 aliphatic heterocycles. The van der Waals surface area contributed by atoms with Crippen LogP contribution in [0.3, 0.4) is 0 Å². The first kappa shape index (κ1) is 11.7. The summed E-state index contributed by atoms with van der Waals surface area (Å²) in [6.45, 7) is 3.54. The average molecular weight is 257 g/mol. The molecule has 2 aromatic rings. The van der Waals surface area contributed by atoms with Crippen LogP contribution in [0.2, 0.25) is 0 Å². The van der Waals surface area contributed by atoms with Gasteiger partial charge in [-0.3, -0.25) is 4.79 Å². The first-order valence-electron chi connectivity index (χ1n) is 6.29. The number of H-pyrrole nitrogens is 1. The molecule has 0 amide bonds. The molecular formula is C13H15N5O. The van der Waals surface area contributed by atoms with Gasteiger partial charge in [0.05, 0.1) is 0 Å². The van der Waals surface area contributed by atoms with Crippen molar-refractivity contribution >= 4 is 11.6 Å². The lowest BCUT2D eigenvalue weighted by molar-refractivity contribution is 0.637. The number of nitrogens with zero attached hydrogens (tertiary/aromatic N) is 4. The molecule has 19 heavy (non-hydrogen) atoms. The van der Waals surface area contributed by atoms with E-state index in [0.29, 0.717) is 0 Å². The van der Waals surface area contributed by atoms with Crippen LogP contribution in [0.15, 0.2) is 41.3 Å². The fourth-order valence-electron chi connectivity index (χ4n) is 2.22. The van der Waals surface area contributed by atoms with Gasteiger partial charge in [0.25, 0.3) is 5.56 Å². The second-order valence-corrected chi connectivity index (χ2v) is 4.44. The van der Waals surface area contributed by atoms with Gasteiger partial charge < -0.3 is 9.80 Å². The zero-order valence-corrected chi connectivity index (χ0v) is 10.5. The minimum atomic E-state index is -0.170. The summed E-state index contributed by atoms with van der Waals surface area (Å²) >= 11 is 0. The largest absolute Gasteiger partial charge is 0.353 e. The highest BCUT2D eigenvalue weighted by molar-refractivity contribution is 5.43. The van der Waals surface area contributed by atoms with Gasteiger partial charge in [-0.25, -0.2) is 10.1 Å². The Hall–Kier alpha value is -2.37. The molecule has 2 aromatic heterocycles. The molecular weight excluding hydrogens is 242 g/mol. The number of hydrogen-bond acceptors (Lipinski definition) is 5. The van der Waals surface area contributed by atoms with E-state index < -0.39 is 0 Å². The first-order valence-corrected chi connectivity index (χ1v) is 6.29. The molecule has 1 aliphatic rings. The molecule has 0 atom stereocenters. The van der Waals surface area contributed by atoms with Crippen LogP contribution in [-0.2, 0) is 0 Å². The Morgan fingerprint density at radius 1 is 0.947 bits per heavy atom. The number of rotatable bonds is 2. The maximum absolute atomic E-state index is 11.0. The second-order valence-electron chi connectivity index (χ2n) is 4.44. The van der Waals surface area contributed by atoms with E-state index in [4.69, 9.17) is 0 Å². The van der Waals surface area contributed by atoms with Crippen molar-refractivity contribution in [1.29, 1.82) is 0 Å². The molecule has 1 N–H and O–H groups in total. The topological polar surface area (TPSA) is 65.1 Å². The maximum Gasteiger partial charge on any atom is 0.264 e. The quantitative estimate of drug-likeness (QED) is 0.848. The minimum Gasteiger partial charge on any atom is -0.353 e. The van der Waals surface area contributed by atoms with Gasteiger partial charge >= 0.3 is 0 Å². The fourth-order valence-corrected chi connectivity index (χ4v) is 2.22. The van der Waals surface area contributed by atoms with Crippen LogP contribution in [0.4, 0.5) is 11.6 Å². The van der Waals surface area contributed by atoms with Crippen LogP contribution in [0.25, 0.3) is 0 Å². The minimum absolute atomic E-state index is 0.170. The molecule has 6 heteroatoms. The third-order valence-corrected chi connectivity index (χ3v) is 3.24. The summed E-state index contributed by atoms with van der Waals surface area (Å²) in [5.41, 5.74) is -0.170. The Kier molecular flexibility index (Phi) is 3.14. The molecule has 0 bridgehead atoms. The number of nitrogens with one attached hydrogen (secondary N) is 1. The van der Waals surface area contributed by atoms with Crippen LogP contribution in [0, 0.1) is 0 Å². The summed E-state index contributed by atoms with van der Waals surface area (Å²) in [6.07, 6.45) is 1.81. The van der Waals surface area contributed by atoms with Crippen molar-refractivity contribution in [3.05, 3.63) is 46.9 Å². The van der Waals surface area contributed by atoms with Crippen LogP contribution >= 0.6 is 0 Å². The number of aromatic amines is 1. The molecule has 0 aromatic carbocycles. The monoisotopic (exact) mass is 257 g/mol. The fraction of sp³-hybridized carbons (Fsp3) is 0.308. The Morgan fingerprint density at radius 3 is 2.26 bits per heavy atom. The van der Waals surface area contributed by atoms with Gasteiger partial charge in [0.2, 0.25) is 0 Å². The lowest BCUT2D eigenvalue weighted by Crippen LogP contribution is -2.47. The third kappa shape index (κ3) is 2.57. The highest BCUT2D eigenvalue weighted by Crippen LogP contribution is 2.15. The van der Waals surface area contributed by atoms with E-state index in [1.807, 2.05) is 24.4 Å². The Balaban J connectivity index is 1.66. The van der Waals surface area contributed by atoms with Crippen molar-refractivity contribution in [3.8, 4) is 0 Å². The highest BCUT2D eigenvalue weighted by Gasteiger charge is 2.18. The van der Waals surface area contributed by atoms with E-state index >= 15 is 0 Å². The van der Waals surface area contributed by atoms with Crippen molar-refractivity contribution in [3.63, 3.8) is 0 Å². The number of hydrogen-bond donors (Lipinski definition) is 1.